The Balaban J connectivity index is 2.56. The van der Waals surface area contributed by atoms with Crippen LogP contribution in [-0.4, -0.2) is 62.9 Å². The first-order valence-electron chi connectivity index (χ1n) is 7.98. The van der Waals surface area contributed by atoms with Gasteiger partial charge in [-0.25, -0.2) is 0 Å². The first-order valence-corrected chi connectivity index (χ1v) is 7.98. The van der Waals surface area contributed by atoms with Gasteiger partial charge in [-0.3, -0.25) is 10.1 Å². The van der Waals surface area contributed by atoms with Crippen LogP contribution in [0.4, 0.5) is 0 Å². The van der Waals surface area contributed by atoms with Crippen LogP contribution in [0.25, 0.3) is 0 Å². The third kappa shape index (κ3) is 6.76. The minimum atomic E-state index is -0.585. The molecule has 1 aliphatic rings. The van der Waals surface area contributed by atoms with Gasteiger partial charge >= 0.3 is 5.97 Å². The maximum atomic E-state index is 12.1. The van der Waals surface area contributed by atoms with Crippen molar-refractivity contribution in [2.75, 3.05) is 40.5 Å². The molecule has 0 aromatic heterocycles. The number of esters is 1. The topological polar surface area (TPSA) is 50.8 Å². The molecule has 0 aromatic carbocycles. The molecule has 0 bridgehead atoms. The molecule has 0 aliphatic heterocycles. The minimum Gasteiger partial charge on any atom is -0.468 e. The Kier molecular flexibility index (Phi) is 7.63. The van der Waals surface area contributed by atoms with Crippen LogP contribution in [0.2, 0.25) is 0 Å². The van der Waals surface area contributed by atoms with Gasteiger partial charge in [-0.1, -0.05) is 13.8 Å². The van der Waals surface area contributed by atoms with Crippen molar-refractivity contribution < 1.29 is 14.3 Å². The molecule has 0 aromatic rings. The summed E-state index contributed by atoms with van der Waals surface area (Å²) in [6.45, 7) is 9.88. The molecule has 0 amide bonds. The van der Waals surface area contributed by atoms with Crippen molar-refractivity contribution in [2.45, 2.75) is 51.6 Å². The van der Waals surface area contributed by atoms with Crippen molar-refractivity contribution in [3.05, 3.63) is 0 Å². The van der Waals surface area contributed by atoms with Gasteiger partial charge in [0.15, 0.2) is 0 Å². The van der Waals surface area contributed by atoms with Gasteiger partial charge in [-0.2, -0.15) is 0 Å². The standard InChI is InChI=1S/C16H32N2O3/c1-13(2)12-18(10-11-20-4)9-8-16(3,15(19)21-5)17-14-6-7-14/h13-14,17H,6-12H2,1-5H3. The van der Waals surface area contributed by atoms with Crippen LogP contribution >= 0.6 is 0 Å². The van der Waals surface area contributed by atoms with E-state index < -0.39 is 5.54 Å². The highest BCUT2D eigenvalue weighted by Gasteiger charge is 2.39. The van der Waals surface area contributed by atoms with E-state index >= 15 is 0 Å². The quantitative estimate of drug-likeness (QED) is 0.588. The average Bonchev–Trinajstić information content (AvgIpc) is 3.24. The smallest absolute Gasteiger partial charge is 0.325 e. The predicted octanol–water partition coefficient (Wildman–Crippen LogP) is 1.66. The largest absolute Gasteiger partial charge is 0.468 e. The number of carbonyl (C=O) groups is 1. The van der Waals surface area contributed by atoms with Gasteiger partial charge in [-0.15, -0.1) is 0 Å². The summed E-state index contributed by atoms with van der Waals surface area (Å²) in [4.78, 5) is 14.5. The zero-order valence-electron chi connectivity index (χ0n) is 14.3. The summed E-state index contributed by atoms with van der Waals surface area (Å²) in [5.74, 6) is 0.438. The Labute approximate surface area is 129 Å². The van der Waals surface area contributed by atoms with Crippen molar-refractivity contribution in [1.82, 2.24) is 10.2 Å². The molecule has 5 heteroatoms. The van der Waals surface area contributed by atoms with E-state index in [0.717, 1.165) is 45.5 Å². The van der Waals surface area contributed by atoms with Gasteiger partial charge in [0.1, 0.15) is 5.54 Å². The number of nitrogens with zero attached hydrogens (tertiary/aromatic N) is 1. The molecule has 0 spiro atoms. The lowest BCUT2D eigenvalue weighted by atomic mass is 9.97. The van der Waals surface area contributed by atoms with Gasteiger partial charge < -0.3 is 14.4 Å². The maximum absolute atomic E-state index is 12.1. The second-order valence-electron chi connectivity index (χ2n) is 6.68. The molecule has 1 aliphatic carbocycles. The maximum Gasteiger partial charge on any atom is 0.325 e. The molecule has 21 heavy (non-hydrogen) atoms. The molecule has 1 saturated carbocycles. The second-order valence-corrected chi connectivity index (χ2v) is 6.68. The summed E-state index contributed by atoms with van der Waals surface area (Å²) in [7, 11) is 3.19. The van der Waals surface area contributed by atoms with Gasteiger partial charge in [0.2, 0.25) is 0 Å². The Morgan fingerprint density at radius 1 is 1.33 bits per heavy atom. The van der Waals surface area contributed by atoms with Crippen LogP contribution in [-0.2, 0) is 14.3 Å². The fraction of sp³-hybridized carbons (Fsp3) is 0.938. The van der Waals surface area contributed by atoms with E-state index in [0.29, 0.717) is 12.0 Å². The van der Waals surface area contributed by atoms with Crippen LogP contribution in [0.1, 0.15) is 40.0 Å². The fourth-order valence-corrected chi connectivity index (χ4v) is 2.55. The summed E-state index contributed by atoms with van der Waals surface area (Å²) in [6.07, 6.45) is 3.07. The van der Waals surface area contributed by atoms with Crippen molar-refractivity contribution in [3.8, 4) is 0 Å². The molecule has 1 N–H and O–H groups in total. The lowest BCUT2D eigenvalue weighted by Gasteiger charge is -2.32. The normalized spacial score (nSPS) is 18.0. The number of nitrogens with one attached hydrogen (secondary N) is 1. The lowest BCUT2D eigenvalue weighted by Crippen LogP contribution is -2.53. The predicted molar refractivity (Wildman–Crippen MR) is 84.3 cm³/mol. The van der Waals surface area contributed by atoms with E-state index in [9.17, 15) is 4.79 Å². The molecule has 1 rings (SSSR count). The first-order chi connectivity index (χ1) is 9.91. The van der Waals surface area contributed by atoms with Crippen molar-refractivity contribution >= 4 is 5.97 Å². The van der Waals surface area contributed by atoms with Gasteiger partial charge in [0.05, 0.1) is 13.7 Å². The van der Waals surface area contributed by atoms with E-state index in [4.69, 9.17) is 9.47 Å². The summed E-state index contributed by atoms with van der Waals surface area (Å²) >= 11 is 0. The highest BCUT2D eigenvalue weighted by molar-refractivity contribution is 5.80. The van der Waals surface area contributed by atoms with Crippen molar-refractivity contribution in [2.24, 2.45) is 5.92 Å². The molecule has 124 valence electrons. The zero-order chi connectivity index (χ0) is 15.9. The Hall–Kier alpha value is -0.650. The molecule has 0 radical (unpaired) electrons. The molecule has 5 nitrogen and oxygen atoms in total. The van der Waals surface area contributed by atoms with E-state index in [1.165, 1.54) is 7.11 Å². The molecule has 1 atom stereocenters. The van der Waals surface area contributed by atoms with Crippen LogP contribution in [0.5, 0.6) is 0 Å². The summed E-state index contributed by atoms with van der Waals surface area (Å²) in [5, 5.41) is 3.45. The minimum absolute atomic E-state index is 0.161. The molecule has 1 fully saturated rings. The number of rotatable bonds is 11. The molecule has 1 unspecified atom stereocenters. The Morgan fingerprint density at radius 3 is 2.48 bits per heavy atom. The van der Waals surface area contributed by atoms with Crippen molar-refractivity contribution in [3.63, 3.8) is 0 Å². The van der Waals surface area contributed by atoms with E-state index in [1.54, 1.807) is 7.11 Å². The third-order valence-corrected chi connectivity index (χ3v) is 3.90. The van der Waals surface area contributed by atoms with Crippen molar-refractivity contribution in [1.29, 1.82) is 0 Å². The third-order valence-electron chi connectivity index (χ3n) is 3.90. The molecular formula is C16H32N2O3. The molecular weight excluding hydrogens is 268 g/mol. The monoisotopic (exact) mass is 300 g/mol. The van der Waals surface area contributed by atoms with Gasteiger partial charge in [0, 0.05) is 32.8 Å². The van der Waals surface area contributed by atoms with Crippen LogP contribution in [0.3, 0.4) is 0 Å². The number of methoxy groups -OCH3 is 2. The zero-order valence-corrected chi connectivity index (χ0v) is 14.3. The number of hydrogen-bond donors (Lipinski definition) is 1. The van der Waals surface area contributed by atoms with Crippen LogP contribution in [0.15, 0.2) is 0 Å². The van der Waals surface area contributed by atoms with E-state index in [1.807, 2.05) is 6.92 Å². The van der Waals surface area contributed by atoms with E-state index in [-0.39, 0.29) is 5.97 Å². The molecule has 0 saturated heterocycles. The average molecular weight is 300 g/mol. The number of ether oxygens (including phenoxy) is 2. The molecule has 0 heterocycles. The summed E-state index contributed by atoms with van der Waals surface area (Å²) in [5.41, 5.74) is -0.585. The Morgan fingerprint density at radius 2 is 2.00 bits per heavy atom. The lowest BCUT2D eigenvalue weighted by molar-refractivity contribution is -0.148. The fourth-order valence-electron chi connectivity index (χ4n) is 2.55. The highest BCUT2D eigenvalue weighted by Crippen LogP contribution is 2.25. The van der Waals surface area contributed by atoms with Gasteiger partial charge in [-0.05, 0) is 32.1 Å². The second kappa shape index (κ2) is 8.71. The number of carbonyl (C=O) groups excluding carboxylic acids is 1. The SMILES string of the molecule is COCCN(CCC(C)(NC1CC1)C(=O)OC)CC(C)C. The van der Waals surface area contributed by atoms with Crippen LogP contribution in [0, 0.1) is 5.92 Å². The van der Waals surface area contributed by atoms with E-state index in [2.05, 4.69) is 24.1 Å². The summed E-state index contributed by atoms with van der Waals surface area (Å²) in [6, 6.07) is 0.478. The highest BCUT2D eigenvalue weighted by atomic mass is 16.5. The summed E-state index contributed by atoms with van der Waals surface area (Å²) < 4.78 is 10.2. The van der Waals surface area contributed by atoms with Crippen LogP contribution < -0.4 is 5.32 Å². The van der Waals surface area contributed by atoms with Gasteiger partial charge in [0.25, 0.3) is 0 Å². The first kappa shape index (κ1) is 18.4. The number of hydrogen-bond acceptors (Lipinski definition) is 5. The Bertz CT molecular complexity index is 319.